The summed E-state index contributed by atoms with van der Waals surface area (Å²) in [5, 5.41) is 12.4. The number of carboxylic acid groups (broad SMARTS) is 1. The molecule has 0 radical (unpaired) electrons. The fourth-order valence-electron chi connectivity index (χ4n) is 2.28. The van der Waals surface area contributed by atoms with E-state index in [0.717, 1.165) is 5.56 Å². The molecule has 2 N–H and O–H groups in total. The molecule has 0 aliphatic carbocycles. The largest absolute Gasteiger partial charge is 0.480 e. The van der Waals surface area contributed by atoms with Crippen LogP contribution in [0.15, 0.2) is 63.8 Å². The standard InChI is InChI=1S/C17H14N2O4/c20-15(21)14(10-11-6-2-1-3-7-11)19-17-18-13-9-5-4-8-12(13)16(22)23-17/h1-9,14H,10H2,(H,18,19)(H,20,21)/t14-/m0/s1. The summed E-state index contributed by atoms with van der Waals surface area (Å²) in [7, 11) is 0. The molecule has 6 nitrogen and oxygen atoms in total. The minimum absolute atomic E-state index is 0.1000. The zero-order chi connectivity index (χ0) is 16.2. The van der Waals surface area contributed by atoms with E-state index in [4.69, 9.17) is 4.42 Å². The molecule has 0 spiro atoms. The average molecular weight is 310 g/mol. The Kier molecular flexibility index (Phi) is 4.05. The van der Waals surface area contributed by atoms with E-state index in [0.29, 0.717) is 10.9 Å². The van der Waals surface area contributed by atoms with E-state index in [1.807, 2.05) is 30.3 Å². The van der Waals surface area contributed by atoms with Crippen LogP contribution in [-0.4, -0.2) is 22.1 Å². The van der Waals surface area contributed by atoms with Gasteiger partial charge in [-0.15, -0.1) is 0 Å². The number of carbonyl (C=O) groups is 1. The molecule has 6 heteroatoms. The first-order valence-corrected chi connectivity index (χ1v) is 7.06. The van der Waals surface area contributed by atoms with Crippen molar-refractivity contribution in [2.75, 3.05) is 5.32 Å². The number of hydrogen-bond donors (Lipinski definition) is 2. The Morgan fingerprint density at radius 3 is 2.57 bits per heavy atom. The van der Waals surface area contributed by atoms with Crippen molar-refractivity contribution in [2.45, 2.75) is 12.5 Å². The molecule has 1 heterocycles. The SMILES string of the molecule is O=C(O)[C@H](Cc1ccccc1)Nc1nc2ccccc2c(=O)o1. The van der Waals surface area contributed by atoms with E-state index in [9.17, 15) is 14.7 Å². The average Bonchev–Trinajstić information content (AvgIpc) is 2.55. The third-order valence-electron chi connectivity index (χ3n) is 3.41. The first-order chi connectivity index (χ1) is 11.1. The number of fused-ring (bicyclic) bond motifs is 1. The van der Waals surface area contributed by atoms with Gasteiger partial charge >= 0.3 is 11.6 Å². The fraction of sp³-hybridized carbons (Fsp3) is 0.118. The number of para-hydroxylation sites is 1. The van der Waals surface area contributed by atoms with Gasteiger partial charge in [-0.3, -0.25) is 0 Å². The highest BCUT2D eigenvalue weighted by molar-refractivity contribution is 5.79. The van der Waals surface area contributed by atoms with Crippen molar-refractivity contribution in [3.8, 4) is 0 Å². The Balaban J connectivity index is 1.88. The molecule has 0 aliphatic rings. The summed E-state index contributed by atoms with van der Waals surface area (Å²) in [6.07, 6.45) is 0.244. The van der Waals surface area contributed by atoms with Crippen molar-refractivity contribution in [1.82, 2.24) is 4.98 Å². The van der Waals surface area contributed by atoms with Gasteiger partial charge in [-0.25, -0.2) is 9.59 Å². The van der Waals surface area contributed by atoms with Gasteiger partial charge in [-0.2, -0.15) is 4.98 Å². The Morgan fingerprint density at radius 2 is 1.83 bits per heavy atom. The lowest BCUT2D eigenvalue weighted by Crippen LogP contribution is -2.32. The monoisotopic (exact) mass is 310 g/mol. The van der Waals surface area contributed by atoms with Gasteiger partial charge in [-0.05, 0) is 17.7 Å². The van der Waals surface area contributed by atoms with Crippen LogP contribution in [0.25, 0.3) is 10.9 Å². The van der Waals surface area contributed by atoms with Gasteiger partial charge in [0.2, 0.25) is 0 Å². The van der Waals surface area contributed by atoms with E-state index >= 15 is 0 Å². The molecule has 0 saturated heterocycles. The summed E-state index contributed by atoms with van der Waals surface area (Å²) in [4.78, 5) is 27.5. The van der Waals surface area contributed by atoms with Crippen LogP contribution in [-0.2, 0) is 11.2 Å². The first-order valence-electron chi connectivity index (χ1n) is 7.06. The molecule has 116 valence electrons. The minimum atomic E-state index is -1.05. The number of nitrogens with one attached hydrogen (secondary N) is 1. The highest BCUT2D eigenvalue weighted by Gasteiger charge is 2.20. The fourth-order valence-corrected chi connectivity index (χ4v) is 2.28. The highest BCUT2D eigenvalue weighted by Crippen LogP contribution is 2.13. The summed E-state index contributed by atoms with van der Waals surface area (Å²) in [6.45, 7) is 0. The van der Waals surface area contributed by atoms with Gasteiger partial charge in [-0.1, -0.05) is 42.5 Å². The van der Waals surface area contributed by atoms with E-state index in [1.54, 1.807) is 24.3 Å². The Morgan fingerprint density at radius 1 is 1.13 bits per heavy atom. The molecule has 0 unspecified atom stereocenters. The summed E-state index contributed by atoms with van der Waals surface area (Å²) < 4.78 is 5.07. The maximum absolute atomic E-state index is 11.9. The number of hydrogen-bond acceptors (Lipinski definition) is 5. The molecule has 0 bridgehead atoms. The van der Waals surface area contributed by atoms with Crippen LogP contribution in [0.4, 0.5) is 6.01 Å². The van der Waals surface area contributed by atoms with Crippen molar-refractivity contribution < 1.29 is 14.3 Å². The molecule has 0 amide bonds. The molecule has 0 fully saturated rings. The summed E-state index contributed by atoms with van der Waals surface area (Å²) in [6, 6.07) is 14.9. The Hall–Kier alpha value is -3.15. The zero-order valence-corrected chi connectivity index (χ0v) is 12.1. The van der Waals surface area contributed by atoms with Gasteiger partial charge in [0.1, 0.15) is 6.04 Å². The highest BCUT2D eigenvalue weighted by atomic mass is 16.4. The number of carboxylic acids is 1. The van der Waals surface area contributed by atoms with Crippen molar-refractivity contribution in [3.05, 3.63) is 70.6 Å². The third kappa shape index (κ3) is 3.37. The van der Waals surface area contributed by atoms with E-state index in [-0.39, 0.29) is 12.4 Å². The molecular weight excluding hydrogens is 296 g/mol. The molecule has 2 aromatic carbocycles. The number of aliphatic carboxylic acids is 1. The smallest absolute Gasteiger partial charge is 0.348 e. The van der Waals surface area contributed by atoms with E-state index in [2.05, 4.69) is 10.3 Å². The zero-order valence-electron chi connectivity index (χ0n) is 12.1. The van der Waals surface area contributed by atoms with Crippen LogP contribution in [0.1, 0.15) is 5.56 Å². The van der Waals surface area contributed by atoms with Crippen LogP contribution in [0.2, 0.25) is 0 Å². The second-order valence-corrected chi connectivity index (χ2v) is 5.05. The van der Waals surface area contributed by atoms with E-state index in [1.165, 1.54) is 0 Å². The number of aromatic nitrogens is 1. The summed E-state index contributed by atoms with van der Waals surface area (Å²) in [5.74, 6) is -1.05. The number of rotatable bonds is 5. The Labute approximate surface area is 131 Å². The van der Waals surface area contributed by atoms with Crippen molar-refractivity contribution in [1.29, 1.82) is 0 Å². The van der Waals surface area contributed by atoms with Gasteiger partial charge in [0.15, 0.2) is 0 Å². The molecule has 3 rings (SSSR count). The van der Waals surface area contributed by atoms with Gasteiger partial charge in [0, 0.05) is 6.42 Å². The van der Waals surface area contributed by atoms with Gasteiger partial charge in [0.25, 0.3) is 6.01 Å². The lowest BCUT2D eigenvalue weighted by molar-refractivity contribution is -0.137. The molecule has 0 aliphatic heterocycles. The maximum atomic E-state index is 11.9. The normalized spacial score (nSPS) is 12.0. The van der Waals surface area contributed by atoms with Crippen molar-refractivity contribution in [2.24, 2.45) is 0 Å². The lowest BCUT2D eigenvalue weighted by atomic mass is 10.1. The number of anilines is 1. The predicted octanol–water partition coefficient (Wildman–Crippen LogP) is 2.30. The molecule has 23 heavy (non-hydrogen) atoms. The van der Waals surface area contributed by atoms with Crippen LogP contribution in [0, 0.1) is 0 Å². The van der Waals surface area contributed by atoms with Crippen LogP contribution < -0.4 is 10.9 Å². The molecule has 0 saturated carbocycles. The summed E-state index contributed by atoms with van der Waals surface area (Å²) >= 11 is 0. The molecular formula is C17H14N2O4. The molecule has 1 aromatic heterocycles. The lowest BCUT2D eigenvalue weighted by Gasteiger charge is -2.14. The number of benzene rings is 2. The predicted molar refractivity (Wildman–Crippen MR) is 85.5 cm³/mol. The number of nitrogens with zero attached hydrogens (tertiary/aromatic N) is 1. The maximum Gasteiger partial charge on any atom is 0.348 e. The first kappa shape index (κ1) is 14.8. The Bertz CT molecular complexity index is 890. The second kappa shape index (κ2) is 6.31. The molecule has 3 aromatic rings. The van der Waals surface area contributed by atoms with E-state index < -0.39 is 17.6 Å². The van der Waals surface area contributed by atoms with Gasteiger partial charge in [0.05, 0.1) is 10.9 Å². The van der Waals surface area contributed by atoms with Crippen molar-refractivity contribution >= 4 is 22.9 Å². The minimum Gasteiger partial charge on any atom is -0.480 e. The second-order valence-electron chi connectivity index (χ2n) is 5.05. The van der Waals surface area contributed by atoms with Gasteiger partial charge < -0.3 is 14.8 Å². The van der Waals surface area contributed by atoms with Crippen LogP contribution in [0.5, 0.6) is 0 Å². The van der Waals surface area contributed by atoms with Crippen LogP contribution >= 0.6 is 0 Å². The molecule has 1 atom stereocenters. The quantitative estimate of drug-likeness (QED) is 0.751. The van der Waals surface area contributed by atoms with Crippen molar-refractivity contribution in [3.63, 3.8) is 0 Å². The van der Waals surface area contributed by atoms with Crippen LogP contribution in [0.3, 0.4) is 0 Å². The topological polar surface area (TPSA) is 92.4 Å². The summed E-state index contributed by atoms with van der Waals surface area (Å²) in [5.41, 5.74) is 0.757. The third-order valence-corrected chi connectivity index (χ3v) is 3.41.